The average molecular weight is 279 g/mol. The minimum atomic E-state index is 0.194. The highest BCUT2D eigenvalue weighted by Gasteiger charge is 2.15. The summed E-state index contributed by atoms with van der Waals surface area (Å²) in [5.74, 6) is 1.45. The lowest BCUT2D eigenvalue weighted by atomic mass is 10.2. The van der Waals surface area contributed by atoms with Crippen molar-refractivity contribution in [3.63, 3.8) is 0 Å². The fraction of sp³-hybridized carbons (Fsp3) is 0.118. The molecule has 0 amide bonds. The maximum Gasteiger partial charge on any atom is 0.246 e. The molecule has 104 valence electrons. The van der Waals surface area contributed by atoms with Crippen LogP contribution in [-0.2, 0) is 6.61 Å². The molecule has 3 aromatic rings. The number of fused-ring (bicyclic) bond motifs is 1. The van der Waals surface area contributed by atoms with Crippen LogP contribution >= 0.6 is 0 Å². The van der Waals surface area contributed by atoms with Crippen LogP contribution in [0.5, 0.6) is 11.5 Å². The molecule has 0 bridgehead atoms. The first kappa shape index (κ1) is 13.1. The van der Waals surface area contributed by atoms with Crippen LogP contribution in [-0.4, -0.2) is 7.11 Å². The summed E-state index contributed by atoms with van der Waals surface area (Å²) in [4.78, 5) is 0. The number of hydrogen-bond donors (Lipinski definition) is 0. The highest BCUT2D eigenvalue weighted by Crippen LogP contribution is 2.33. The molecule has 1 heterocycles. The molecule has 0 N–H and O–H groups in total. The Kier molecular flexibility index (Phi) is 3.48. The van der Waals surface area contributed by atoms with E-state index >= 15 is 0 Å². The summed E-state index contributed by atoms with van der Waals surface area (Å²) in [6, 6.07) is 17.1. The maximum absolute atomic E-state index is 9.16. The maximum atomic E-state index is 9.16. The zero-order valence-electron chi connectivity index (χ0n) is 11.5. The topological polar surface area (TPSA) is 55.4 Å². The van der Waals surface area contributed by atoms with E-state index in [2.05, 4.69) is 0 Å². The van der Waals surface area contributed by atoms with Crippen LogP contribution in [0.15, 0.2) is 52.9 Å². The lowest BCUT2D eigenvalue weighted by Gasteiger charge is -2.06. The zero-order chi connectivity index (χ0) is 14.7. The van der Waals surface area contributed by atoms with Crippen LogP contribution in [0, 0.1) is 11.3 Å². The quantitative estimate of drug-likeness (QED) is 0.727. The van der Waals surface area contributed by atoms with Crippen LogP contribution in [0.1, 0.15) is 11.3 Å². The molecule has 0 aliphatic carbocycles. The van der Waals surface area contributed by atoms with Gasteiger partial charge in [0.05, 0.1) is 12.5 Å². The molecule has 3 rings (SSSR count). The fourth-order valence-corrected chi connectivity index (χ4v) is 2.16. The summed E-state index contributed by atoms with van der Waals surface area (Å²) in [6.07, 6.45) is 0. The van der Waals surface area contributed by atoms with E-state index in [1.165, 1.54) is 0 Å². The van der Waals surface area contributed by atoms with E-state index in [0.717, 1.165) is 16.7 Å². The molecule has 0 radical (unpaired) electrons. The van der Waals surface area contributed by atoms with E-state index in [9.17, 15) is 0 Å². The number of rotatable bonds is 4. The van der Waals surface area contributed by atoms with Crippen LogP contribution in [0.2, 0.25) is 0 Å². The third-order valence-electron chi connectivity index (χ3n) is 3.17. The van der Waals surface area contributed by atoms with Gasteiger partial charge in [-0.05, 0) is 29.8 Å². The summed E-state index contributed by atoms with van der Waals surface area (Å²) in [5.41, 5.74) is 1.61. The Morgan fingerprint density at radius 1 is 1.14 bits per heavy atom. The minimum absolute atomic E-state index is 0.194. The van der Waals surface area contributed by atoms with Gasteiger partial charge in [0.2, 0.25) is 5.76 Å². The van der Waals surface area contributed by atoms with Gasteiger partial charge in [0.1, 0.15) is 24.0 Å². The summed E-state index contributed by atoms with van der Waals surface area (Å²) >= 11 is 0. The van der Waals surface area contributed by atoms with E-state index in [4.69, 9.17) is 19.2 Å². The molecule has 0 fully saturated rings. The molecule has 0 aliphatic heterocycles. The van der Waals surface area contributed by atoms with Crippen molar-refractivity contribution in [1.82, 2.24) is 0 Å². The van der Waals surface area contributed by atoms with Gasteiger partial charge in [-0.3, -0.25) is 0 Å². The van der Waals surface area contributed by atoms with E-state index in [-0.39, 0.29) is 5.76 Å². The van der Waals surface area contributed by atoms with Crippen molar-refractivity contribution in [2.45, 2.75) is 6.61 Å². The molecule has 4 heteroatoms. The lowest BCUT2D eigenvalue weighted by molar-refractivity contribution is 0.302. The Balaban J connectivity index is 1.89. The molecule has 4 nitrogen and oxygen atoms in total. The van der Waals surface area contributed by atoms with Crippen molar-refractivity contribution in [3.05, 3.63) is 59.9 Å². The number of furan rings is 1. The van der Waals surface area contributed by atoms with Gasteiger partial charge in [-0.25, -0.2) is 0 Å². The Labute approximate surface area is 122 Å². The van der Waals surface area contributed by atoms with Gasteiger partial charge >= 0.3 is 0 Å². The Bertz CT molecular complexity index is 814. The van der Waals surface area contributed by atoms with E-state index in [1.54, 1.807) is 7.11 Å². The first-order chi connectivity index (χ1) is 10.3. The van der Waals surface area contributed by atoms with Crippen LogP contribution in [0.3, 0.4) is 0 Å². The lowest BCUT2D eigenvalue weighted by Crippen LogP contribution is -1.96. The molecule has 0 aliphatic rings. The number of hydrogen-bond acceptors (Lipinski definition) is 4. The smallest absolute Gasteiger partial charge is 0.246 e. The standard InChI is InChI=1S/C17H13NO3/c1-19-13-6-4-5-12(9-13)11-20-17-14-7-2-3-8-15(14)21-16(17)10-18/h2-9H,11H2,1H3. The first-order valence-corrected chi connectivity index (χ1v) is 6.49. The van der Waals surface area contributed by atoms with E-state index in [1.807, 2.05) is 54.6 Å². The van der Waals surface area contributed by atoms with Crippen molar-refractivity contribution in [2.24, 2.45) is 0 Å². The average Bonchev–Trinajstić information content (AvgIpc) is 2.91. The van der Waals surface area contributed by atoms with Crippen molar-refractivity contribution in [3.8, 4) is 17.6 Å². The molecule has 0 atom stereocenters. The van der Waals surface area contributed by atoms with Gasteiger partial charge in [0.25, 0.3) is 0 Å². The molecule has 0 unspecified atom stereocenters. The monoisotopic (exact) mass is 279 g/mol. The van der Waals surface area contributed by atoms with Crippen LogP contribution < -0.4 is 9.47 Å². The summed E-state index contributed by atoms with van der Waals surface area (Å²) in [7, 11) is 1.62. The van der Waals surface area contributed by atoms with Crippen molar-refractivity contribution in [1.29, 1.82) is 5.26 Å². The van der Waals surface area contributed by atoms with E-state index < -0.39 is 0 Å². The van der Waals surface area contributed by atoms with Crippen molar-refractivity contribution in [2.75, 3.05) is 7.11 Å². The third kappa shape index (κ3) is 2.54. The van der Waals surface area contributed by atoms with E-state index in [0.29, 0.717) is 17.9 Å². The van der Waals surface area contributed by atoms with Gasteiger partial charge in [-0.1, -0.05) is 24.3 Å². The van der Waals surface area contributed by atoms with Gasteiger partial charge < -0.3 is 13.9 Å². The second-order valence-electron chi connectivity index (χ2n) is 4.51. The zero-order valence-corrected chi connectivity index (χ0v) is 11.5. The largest absolute Gasteiger partial charge is 0.497 e. The SMILES string of the molecule is COc1cccc(COc2c(C#N)oc3ccccc23)c1. The normalized spacial score (nSPS) is 10.3. The Morgan fingerprint density at radius 3 is 2.81 bits per heavy atom. The Hall–Kier alpha value is -2.93. The predicted molar refractivity (Wildman–Crippen MR) is 78.3 cm³/mol. The number of methoxy groups -OCH3 is 1. The van der Waals surface area contributed by atoms with Crippen molar-refractivity contribution >= 4 is 11.0 Å². The number of para-hydroxylation sites is 1. The molecule has 0 saturated carbocycles. The van der Waals surface area contributed by atoms with Crippen LogP contribution in [0.4, 0.5) is 0 Å². The molecular formula is C17H13NO3. The number of benzene rings is 2. The summed E-state index contributed by atoms with van der Waals surface area (Å²) in [6.45, 7) is 0.343. The highest BCUT2D eigenvalue weighted by atomic mass is 16.5. The molecular weight excluding hydrogens is 266 g/mol. The number of nitriles is 1. The minimum Gasteiger partial charge on any atom is -0.497 e. The van der Waals surface area contributed by atoms with Crippen LogP contribution in [0.25, 0.3) is 11.0 Å². The molecule has 0 saturated heterocycles. The molecule has 2 aromatic carbocycles. The molecule has 1 aromatic heterocycles. The number of nitrogens with zero attached hydrogens (tertiary/aromatic N) is 1. The van der Waals surface area contributed by atoms with Gasteiger partial charge in [0, 0.05) is 0 Å². The van der Waals surface area contributed by atoms with Crippen molar-refractivity contribution < 1.29 is 13.9 Å². The summed E-state index contributed by atoms with van der Waals surface area (Å²) in [5, 5.41) is 9.96. The Morgan fingerprint density at radius 2 is 2.00 bits per heavy atom. The predicted octanol–water partition coefficient (Wildman–Crippen LogP) is 3.89. The summed E-state index contributed by atoms with van der Waals surface area (Å²) < 4.78 is 16.4. The second kappa shape index (κ2) is 5.59. The first-order valence-electron chi connectivity index (χ1n) is 6.49. The van der Waals surface area contributed by atoms with Gasteiger partial charge in [-0.2, -0.15) is 5.26 Å². The molecule has 0 spiro atoms. The third-order valence-corrected chi connectivity index (χ3v) is 3.17. The number of ether oxygens (including phenoxy) is 2. The second-order valence-corrected chi connectivity index (χ2v) is 4.51. The van der Waals surface area contributed by atoms with Gasteiger partial charge in [-0.15, -0.1) is 0 Å². The highest BCUT2D eigenvalue weighted by molar-refractivity contribution is 5.86. The van der Waals surface area contributed by atoms with Gasteiger partial charge in [0.15, 0.2) is 5.75 Å². The fourth-order valence-electron chi connectivity index (χ4n) is 2.16. The molecule has 21 heavy (non-hydrogen) atoms.